The molecular weight excluding hydrogens is 425 g/mol. The number of para-hydroxylation sites is 1. The molecule has 156 valence electrons. The first-order valence-corrected chi connectivity index (χ1v) is 9.80. The average molecular weight is 439 g/mol. The van der Waals surface area contributed by atoms with Crippen molar-refractivity contribution in [2.45, 2.75) is 6.92 Å². The molecule has 0 bridgehead atoms. The first kappa shape index (κ1) is 20.2. The first-order chi connectivity index (χ1) is 14.8. The van der Waals surface area contributed by atoms with E-state index in [1.165, 1.54) is 37.3 Å². The third-order valence-electron chi connectivity index (χ3n) is 4.37. The van der Waals surface area contributed by atoms with Crippen molar-refractivity contribution in [2.24, 2.45) is 0 Å². The zero-order valence-electron chi connectivity index (χ0n) is 15.9. The molecule has 2 aromatic carbocycles. The lowest BCUT2D eigenvalue weighted by Crippen LogP contribution is -2.12. The number of halogens is 1. The molecule has 0 saturated carbocycles. The van der Waals surface area contributed by atoms with Crippen molar-refractivity contribution in [1.29, 1.82) is 0 Å². The smallest absolute Gasteiger partial charge is 0.293 e. The lowest BCUT2D eigenvalue weighted by atomic mass is 10.1. The molecule has 0 unspecified atom stereocenters. The van der Waals surface area contributed by atoms with Gasteiger partial charge in [-0.3, -0.25) is 25.0 Å². The number of aromatic nitrogens is 2. The second-order valence-electron chi connectivity index (χ2n) is 6.55. The van der Waals surface area contributed by atoms with Gasteiger partial charge in [0.25, 0.3) is 11.6 Å². The second-order valence-corrected chi connectivity index (χ2v) is 7.41. The van der Waals surface area contributed by atoms with Crippen LogP contribution in [-0.2, 0) is 4.79 Å². The number of nitrogens with one attached hydrogen (secondary N) is 3. The first-order valence-electron chi connectivity index (χ1n) is 8.92. The molecule has 0 spiro atoms. The Morgan fingerprint density at radius 3 is 2.71 bits per heavy atom. The van der Waals surface area contributed by atoms with Gasteiger partial charge in [-0.05, 0) is 24.3 Å². The van der Waals surface area contributed by atoms with E-state index in [1.807, 2.05) is 0 Å². The molecule has 11 heteroatoms. The van der Waals surface area contributed by atoms with E-state index >= 15 is 0 Å². The van der Waals surface area contributed by atoms with E-state index in [0.29, 0.717) is 16.8 Å². The summed E-state index contributed by atoms with van der Waals surface area (Å²) >= 11 is 1.10. The van der Waals surface area contributed by atoms with Crippen LogP contribution < -0.4 is 10.6 Å². The van der Waals surface area contributed by atoms with Gasteiger partial charge in [0.2, 0.25) is 5.91 Å². The third-order valence-corrected chi connectivity index (χ3v) is 5.12. The SMILES string of the molecule is CC(=O)Nc1ccc(-c2csc(NC(=O)c3cc4cccc([N+](=O)[O-])c4[nH]3)n2)c(F)c1. The van der Waals surface area contributed by atoms with Crippen molar-refractivity contribution in [3.8, 4) is 11.3 Å². The maximum absolute atomic E-state index is 14.4. The number of fused-ring (bicyclic) bond motifs is 1. The molecule has 9 nitrogen and oxygen atoms in total. The molecule has 31 heavy (non-hydrogen) atoms. The Labute approximate surface area is 178 Å². The zero-order valence-corrected chi connectivity index (χ0v) is 16.7. The van der Waals surface area contributed by atoms with Gasteiger partial charge in [-0.15, -0.1) is 11.3 Å². The standard InChI is InChI=1S/C20H14FN5O4S/c1-10(27)22-12-5-6-13(14(21)8-12)16-9-31-20(24-16)25-19(28)15-7-11-3-2-4-17(26(29)30)18(11)23-15/h2-9,23H,1H3,(H,22,27)(H,24,25,28). The van der Waals surface area contributed by atoms with Gasteiger partial charge in [-0.2, -0.15) is 0 Å². The molecule has 0 aliphatic heterocycles. The van der Waals surface area contributed by atoms with Crippen LogP contribution in [0.25, 0.3) is 22.2 Å². The second kappa shape index (κ2) is 7.95. The van der Waals surface area contributed by atoms with Gasteiger partial charge < -0.3 is 10.3 Å². The van der Waals surface area contributed by atoms with E-state index < -0.39 is 16.6 Å². The number of rotatable bonds is 5. The summed E-state index contributed by atoms with van der Waals surface area (Å²) in [6.45, 7) is 1.33. The van der Waals surface area contributed by atoms with Gasteiger partial charge in [0, 0.05) is 35.0 Å². The van der Waals surface area contributed by atoms with Crippen LogP contribution >= 0.6 is 11.3 Å². The number of anilines is 2. The van der Waals surface area contributed by atoms with Gasteiger partial charge in [0.15, 0.2) is 5.13 Å². The Hall–Kier alpha value is -4.12. The molecule has 2 aromatic heterocycles. The minimum atomic E-state index is -0.572. The summed E-state index contributed by atoms with van der Waals surface area (Å²) in [5.74, 6) is -1.42. The third kappa shape index (κ3) is 4.12. The Morgan fingerprint density at radius 2 is 2.00 bits per heavy atom. The number of nitro groups is 1. The van der Waals surface area contributed by atoms with E-state index in [1.54, 1.807) is 17.5 Å². The van der Waals surface area contributed by atoms with E-state index in [2.05, 4.69) is 20.6 Å². The highest BCUT2D eigenvalue weighted by molar-refractivity contribution is 7.14. The van der Waals surface area contributed by atoms with Gasteiger partial charge in [0.1, 0.15) is 17.0 Å². The minimum Gasteiger partial charge on any atom is -0.345 e. The van der Waals surface area contributed by atoms with Crippen LogP contribution in [0.15, 0.2) is 47.8 Å². The number of aromatic amines is 1. The fourth-order valence-corrected chi connectivity index (χ4v) is 3.74. The lowest BCUT2D eigenvalue weighted by Gasteiger charge is -2.05. The molecule has 2 heterocycles. The fraction of sp³-hybridized carbons (Fsp3) is 0.0500. The average Bonchev–Trinajstić information content (AvgIpc) is 3.34. The Bertz CT molecular complexity index is 1350. The number of hydrogen-bond acceptors (Lipinski definition) is 6. The molecule has 4 rings (SSSR count). The van der Waals surface area contributed by atoms with Crippen LogP contribution in [0.1, 0.15) is 17.4 Å². The highest BCUT2D eigenvalue weighted by Gasteiger charge is 2.18. The van der Waals surface area contributed by atoms with Crippen molar-refractivity contribution < 1.29 is 18.9 Å². The van der Waals surface area contributed by atoms with Gasteiger partial charge in [-0.25, -0.2) is 9.37 Å². The Kier molecular flexibility index (Phi) is 5.17. The number of H-pyrrole nitrogens is 1. The maximum atomic E-state index is 14.4. The molecule has 0 saturated heterocycles. The summed E-state index contributed by atoms with van der Waals surface area (Å²) in [7, 11) is 0. The summed E-state index contributed by atoms with van der Waals surface area (Å²) in [4.78, 5) is 41.3. The van der Waals surface area contributed by atoms with Crippen molar-refractivity contribution >= 4 is 50.6 Å². The normalized spacial score (nSPS) is 10.8. The van der Waals surface area contributed by atoms with Crippen LogP contribution in [0, 0.1) is 15.9 Å². The zero-order chi connectivity index (χ0) is 22.1. The number of thiazole rings is 1. The lowest BCUT2D eigenvalue weighted by molar-refractivity contribution is -0.383. The summed E-state index contributed by atoms with van der Waals surface area (Å²) in [6, 6.07) is 10.3. The number of nitro benzene ring substituents is 1. The van der Waals surface area contributed by atoms with Crippen LogP contribution in [-0.4, -0.2) is 26.7 Å². The van der Waals surface area contributed by atoms with Crippen molar-refractivity contribution in [3.63, 3.8) is 0 Å². The molecule has 4 aromatic rings. The number of benzene rings is 2. The maximum Gasteiger partial charge on any atom is 0.293 e. The van der Waals surface area contributed by atoms with Crippen LogP contribution in [0.4, 0.5) is 20.9 Å². The molecular formula is C20H14FN5O4S. The number of carbonyl (C=O) groups excluding carboxylic acids is 2. The van der Waals surface area contributed by atoms with Gasteiger partial charge >= 0.3 is 0 Å². The highest BCUT2D eigenvalue weighted by Crippen LogP contribution is 2.30. The largest absolute Gasteiger partial charge is 0.345 e. The Balaban J connectivity index is 1.55. The van der Waals surface area contributed by atoms with Crippen LogP contribution in [0.5, 0.6) is 0 Å². The van der Waals surface area contributed by atoms with E-state index in [4.69, 9.17) is 0 Å². The van der Waals surface area contributed by atoms with E-state index in [9.17, 15) is 24.1 Å². The highest BCUT2D eigenvalue weighted by atomic mass is 32.1. The van der Waals surface area contributed by atoms with Crippen molar-refractivity contribution in [1.82, 2.24) is 9.97 Å². The molecule has 2 amide bonds. The topological polar surface area (TPSA) is 130 Å². The number of amides is 2. The van der Waals surface area contributed by atoms with Crippen molar-refractivity contribution in [2.75, 3.05) is 10.6 Å². The summed E-state index contributed by atoms with van der Waals surface area (Å²) < 4.78 is 14.4. The Morgan fingerprint density at radius 1 is 1.19 bits per heavy atom. The van der Waals surface area contributed by atoms with E-state index in [0.717, 1.165) is 11.3 Å². The summed E-state index contributed by atoms with van der Waals surface area (Å²) in [6.07, 6.45) is 0. The summed E-state index contributed by atoms with van der Waals surface area (Å²) in [5, 5.41) is 18.6. The number of nitrogens with zero attached hydrogens (tertiary/aromatic N) is 2. The number of hydrogen-bond donors (Lipinski definition) is 3. The molecule has 0 aliphatic rings. The quantitative estimate of drug-likeness (QED) is 0.310. The monoisotopic (exact) mass is 439 g/mol. The predicted molar refractivity (Wildman–Crippen MR) is 115 cm³/mol. The molecule has 0 atom stereocenters. The van der Waals surface area contributed by atoms with Crippen LogP contribution in [0.2, 0.25) is 0 Å². The van der Waals surface area contributed by atoms with Gasteiger partial charge in [-0.1, -0.05) is 12.1 Å². The van der Waals surface area contributed by atoms with E-state index in [-0.39, 0.29) is 33.5 Å². The molecule has 0 fully saturated rings. The van der Waals surface area contributed by atoms with Gasteiger partial charge in [0.05, 0.1) is 10.6 Å². The number of carbonyl (C=O) groups is 2. The van der Waals surface area contributed by atoms with Crippen molar-refractivity contribution in [3.05, 3.63) is 69.5 Å². The number of non-ortho nitro benzene ring substituents is 1. The molecule has 3 N–H and O–H groups in total. The predicted octanol–water partition coefficient (Wildman–Crippen LogP) is 4.55. The summed E-state index contributed by atoms with van der Waals surface area (Å²) in [5.41, 5.74) is 1.11. The minimum absolute atomic E-state index is 0.131. The fourth-order valence-electron chi connectivity index (χ4n) is 3.04. The molecule has 0 aliphatic carbocycles. The molecule has 0 radical (unpaired) electrons. The van der Waals surface area contributed by atoms with Crippen LogP contribution in [0.3, 0.4) is 0 Å².